The van der Waals surface area contributed by atoms with E-state index >= 15 is 0 Å². The van der Waals surface area contributed by atoms with Gasteiger partial charge in [0, 0.05) is 12.6 Å². The Labute approximate surface area is 123 Å². The molecule has 4 heteroatoms. The lowest BCUT2D eigenvalue weighted by molar-refractivity contribution is -0.112. The topological polar surface area (TPSA) is 55.6 Å². The maximum Gasteiger partial charge on any atom is 0.260 e. The lowest BCUT2D eigenvalue weighted by Gasteiger charge is -2.09. The van der Waals surface area contributed by atoms with Crippen LogP contribution in [0.25, 0.3) is 11.3 Å². The Hall–Kier alpha value is -2.75. The lowest BCUT2D eigenvalue weighted by atomic mass is 10.0. The van der Waals surface area contributed by atoms with Crippen LogP contribution < -0.4 is 15.4 Å². The number of fused-ring (bicyclic) bond motifs is 1. The maximum atomic E-state index is 12.5. The molecule has 1 heterocycles. The van der Waals surface area contributed by atoms with Crippen LogP contribution in [0.3, 0.4) is 0 Å². The Morgan fingerprint density at radius 3 is 2.43 bits per heavy atom. The van der Waals surface area contributed by atoms with Crippen molar-refractivity contribution < 1.29 is 9.53 Å². The number of carbonyl (C=O) groups excluding carboxylic acids is 1. The monoisotopic (exact) mass is 280 g/mol. The fourth-order valence-electron chi connectivity index (χ4n) is 2.55. The molecule has 0 aliphatic carbocycles. The van der Waals surface area contributed by atoms with Crippen molar-refractivity contribution in [1.29, 1.82) is 0 Å². The maximum absolute atomic E-state index is 12.5. The summed E-state index contributed by atoms with van der Waals surface area (Å²) in [6.07, 6.45) is 0. The highest BCUT2D eigenvalue weighted by Crippen LogP contribution is 2.38. The van der Waals surface area contributed by atoms with Crippen LogP contribution in [-0.4, -0.2) is 20.1 Å². The minimum atomic E-state index is -0.0791. The number of ether oxygens (including phenoxy) is 1. The van der Waals surface area contributed by atoms with E-state index < -0.39 is 0 Å². The summed E-state index contributed by atoms with van der Waals surface area (Å²) in [5, 5.41) is 0. The number of amides is 1. The quantitative estimate of drug-likeness (QED) is 0.860. The Balaban J connectivity index is 2.14. The molecular weight excluding hydrogens is 264 g/mol. The zero-order valence-corrected chi connectivity index (χ0v) is 12.0. The third kappa shape index (κ3) is 2.05. The number of likely N-dealkylation sites (N-methyl/N-ethyl adjacent to an activating group) is 1. The van der Waals surface area contributed by atoms with E-state index in [9.17, 15) is 4.79 Å². The molecule has 1 amide bonds. The first-order valence-corrected chi connectivity index (χ1v) is 6.65. The standard InChI is InChI=1S/C17H16N2O2/c1-19-14-6-4-3-5-13(14)15(17(19)20)16(18)11-7-9-12(21-2)10-8-11/h3-10H,18H2,1-2H3/b16-15-. The summed E-state index contributed by atoms with van der Waals surface area (Å²) < 4.78 is 5.14. The Kier molecular flexibility index (Phi) is 3.14. The fourth-order valence-corrected chi connectivity index (χ4v) is 2.55. The van der Waals surface area contributed by atoms with Crippen LogP contribution in [0.2, 0.25) is 0 Å². The van der Waals surface area contributed by atoms with Gasteiger partial charge in [-0.15, -0.1) is 0 Å². The highest BCUT2D eigenvalue weighted by atomic mass is 16.5. The molecule has 0 saturated carbocycles. The average Bonchev–Trinajstić information content (AvgIpc) is 2.79. The van der Waals surface area contributed by atoms with Crippen molar-refractivity contribution in [2.75, 3.05) is 19.1 Å². The SMILES string of the molecule is COc1ccc(/C(N)=C2/C(=O)N(C)c3ccccc32)cc1. The van der Waals surface area contributed by atoms with Gasteiger partial charge < -0.3 is 15.4 Å². The highest BCUT2D eigenvalue weighted by Gasteiger charge is 2.31. The van der Waals surface area contributed by atoms with Crippen LogP contribution in [-0.2, 0) is 4.79 Å². The van der Waals surface area contributed by atoms with E-state index in [4.69, 9.17) is 10.5 Å². The van der Waals surface area contributed by atoms with Crippen LogP contribution in [0.5, 0.6) is 5.75 Å². The average molecular weight is 280 g/mol. The van der Waals surface area contributed by atoms with Gasteiger partial charge in [0.15, 0.2) is 0 Å². The number of hydrogen-bond acceptors (Lipinski definition) is 3. The molecule has 21 heavy (non-hydrogen) atoms. The lowest BCUT2D eigenvalue weighted by Crippen LogP contribution is -2.21. The van der Waals surface area contributed by atoms with Crippen molar-refractivity contribution in [3.8, 4) is 5.75 Å². The highest BCUT2D eigenvalue weighted by molar-refractivity contribution is 6.37. The largest absolute Gasteiger partial charge is 0.497 e. The van der Waals surface area contributed by atoms with E-state index in [1.54, 1.807) is 19.1 Å². The summed E-state index contributed by atoms with van der Waals surface area (Å²) >= 11 is 0. The van der Waals surface area contributed by atoms with Crippen molar-refractivity contribution in [3.05, 3.63) is 59.7 Å². The molecule has 0 fully saturated rings. The zero-order chi connectivity index (χ0) is 15.0. The molecule has 2 aromatic carbocycles. The summed E-state index contributed by atoms with van der Waals surface area (Å²) in [4.78, 5) is 14.1. The number of rotatable bonds is 2. The van der Waals surface area contributed by atoms with Gasteiger partial charge in [-0.2, -0.15) is 0 Å². The molecular formula is C17H16N2O2. The van der Waals surface area contributed by atoms with Gasteiger partial charge in [0.25, 0.3) is 5.91 Å². The van der Waals surface area contributed by atoms with Gasteiger partial charge in [-0.05, 0) is 35.9 Å². The van der Waals surface area contributed by atoms with Crippen LogP contribution in [0.4, 0.5) is 5.69 Å². The molecule has 1 aliphatic rings. The van der Waals surface area contributed by atoms with Gasteiger partial charge in [0.1, 0.15) is 5.75 Å². The van der Waals surface area contributed by atoms with Crippen LogP contribution in [0.1, 0.15) is 11.1 Å². The van der Waals surface area contributed by atoms with E-state index in [-0.39, 0.29) is 5.91 Å². The van der Waals surface area contributed by atoms with Crippen molar-refractivity contribution >= 4 is 22.9 Å². The van der Waals surface area contributed by atoms with E-state index in [2.05, 4.69) is 0 Å². The number of methoxy groups -OCH3 is 1. The van der Waals surface area contributed by atoms with Crippen molar-refractivity contribution in [3.63, 3.8) is 0 Å². The summed E-state index contributed by atoms with van der Waals surface area (Å²) in [5.74, 6) is 0.677. The number of nitrogens with zero attached hydrogens (tertiary/aromatic N) is 1. The Bertz CT molecular complexity index is 733. The molecule has 1 aliphatic heterocycles. The second kappa shape index (κ2) is 4.98. The predicted octanol–water partition coefficient (Wildman–Crippen LogP) is 2.50. The third-order valence-corrected chi connectivity index (χ3v) is 3.72. The third-order valence-electron chi connectivity index (χ3n) is 3.72. The minimum absolute atomic E-state index is 0.0791. The van der Waals surface area contributed by atoms with Gasteiger partial charge in [-0.25, -0.2) is 0 Å². The van der Waals surface area contributed by atoms with Crippen molar-refractivity contribution in [2.45, 2.75) is 0 Å². The van der Waals surface area contributed by atoms with Gasteiger partial charge in [-0.3, -0.25) is 4.79 Å². The molecule has 0 spiro atoms. The number of anilines is 1. The number of benzene rings is 2. The molecule has 4 nitrogen and oxygen atoms in total. The number of nitrogens with two attached hydrogens (primary N) is 1. The van der Waals surface area contributed by atoms with Gasteiger partial charge in [0.05, 0.1) is 24.1 Å². The molecule has 0 bridgehead atoms. The molecule has 0 atom stereocenters. The van der Waals surface area contributed by atoms with Crippen LogP contribution in [0.15, 0.2) is 48.5 Å². The van der Waals surface area contributed by atoms with Gasteiger partial charge in [0.2, 0.25) is 0 Å². The Morgan fingerprint density at radius 2 is 1.76 bits per heavy atom. The smallest absolute Gasteiger partial charge is 0.260 e. The fraction of sp³-hybridized carbons (Fsp3) is 0.118. The zero-order valence-electron chi connectivity index (χ0n) is 12.0. The first-order chi connectivity index (χ1) is 10.1. The predicted molar refractivity (Wildman–Crippen MR) is 83.8 cm³/mol. The number of para-hydroxylation sites is 1. The molecule has 2 aromatic rings. The molecule has 3 rings (SSSR count). The van der Waals surface area contributed by atoms with Crippen LogP contribution in [0, 0.1) is 0 Å². The first kappa shape index (κ1) is 13.2. The number of carbonyl (C=O) groups is 1. The second-order valence-electron chi connectivity index (χ2n) is 4.90. The Morgan fingerprint density at radius 1 is 1.10 bits per heavy atom. The molecule has 0 radical (unpaired) electrons. The number of hydrogen-bond donors (Lipinski definition) is 1. The second-order valence-corrected chi connectivity index (χ2v) is 4.90. The molecule has 0 aromatic heterocycles. The molecule has 106 valence electrons. The van der Waals surface area contributed by atoms with E-state index in [1.165, 1.54) is 0 Å². The summed E-state index contributed by atoms with van der Waals surface area (Å²) in [7, 11) is 3.37. The van der Waals surface area contributed by atoms with Crippen LogP contribution >= 0.6 is 0 Å². The summed E-state index contributed by atoms with van der Waals surface area (Å²) in [6.45, 7) is 0. The summed E-state index contributed by atoms with van der Waals surface area (Å²) in [6, 6.07) is 15.0. The van der Waals surface area contributed by atoms with Gasteiger partial charge >= 0.3 is 0 Å². The normalized spacial score (nSPS) is 15.9. The first-order valence-electron chi connectivity index (χ1n) is 6.65. The van der Waals surface area contributed by atoms with E-state index in [1.807, 2.05) is 48.5 Å². The molecule has 2 N–H and O–H groups in total. The van der Waals surface area contributed by atoms with Gasteiger partial charge in [-0.1, -0.05) is 18.2 Å². The molecule has 0 saturated heterocycles. The van der Waals surface area contributed by atoms with Crippen molar-refractivity contribution in [2.24, 2.45) is 5.73 Å². The summed E-state index contributed by atoms with van der Waals surface area (Å²) in [5.41, 5.74) is 9.86. The minimum Gasteiger partial charge on any atom is -0.497 e. The van der Waals surface area contributed by atoms with E-state index in [0.29, 0.717) is 11.3 Å². The van der Waals surface area contributed by atoms with Crippen molar-refractivity contribution in [1.82, 2.24) is 0 Å². The van der Waals surface area contributed by atoms with E-state index in [0.717, 1.165) is 22.6 Å². The molecule has 0 unspecified atom stereocenters.